The number of nitrogens with one attached hydrogen (secondary N) is 1. The highest BCUT2D eigenvalue weighted by Gasteiger charge is 2.21. The fourth-order valence-electron chi connectivity index (χ4n) is 2.05. The van der Waals surface area contributed by atoms with Crippen LogP contribution in [0.5, 0.6) is 0 Å². The first-order valence-electron chi connectivity index (χ1n) is 6.78. The molecular weight excluding hydrogens is 242 g/mol. The van der Waals surface area contributed by atoms with Crippen LogP contribution in [0.1, 0.15) is 34.1 Å². The van der Waals surface area contributed by atoms with Gasteiger partial charge in [-0.15, -0.1) is 0 Å². The molecule has 1 aliphatic heterocycles. The summed E-state index contributed by atoms with van der Waals surface area (Å²) in [6.07, 6.45) is 2.71. The molecule has 1 amide bonds. The molecule has 0 spiro atoms. The highest BCUT2D eigenvalue weighted by molar-refractivity contribution is 5.97. The quantitative estimate of drug-likeness (QED) is 0.616. The largest absolute Gasteiger partial charge is 0.372 e. The average molecular weight is 265 g/mol. The molecule has 0 aromatic carbocycles. The molecular formula is C14H23N3O2. The first-order chi connectivity index (χ1) is 8.96. The third-order valence-corrected chi connectivity index (χ3v) is 3.11. The minimum absolute atomic E-state index is 0.0757. The number of morpholine rings is 1. The number of rotatable bonds is 4. The Morgan fingerprint density at radius 2 is 2.11 bits per heavy atom. The van der Waals surface area contributed by atoms with Crippen molar-refractivity contribution in [3.05, 3.63) is 11.8 Å². The molecule has 1 aliphatic rings. The summed E-state index contributed by atoms with van der Waals surface area (Å²) in [7, 11) is 0. The maximum Gasteiger partial charge on any atom is 0.263 e. The number of carbonyl (C=O) groups is 1. The summed E-state index contributed by atoms with van der Waals surface area (Å²) in [5, 5.41) is 11.9. The van der Waals surface area contributed by atoms with Crippen LogP contribution >= 0.6 is 0 Å². The summed E-state index contributed by atoms with van der Waals surface area (Å²) in [6.45, 7) is 9.29. The summed E-state index contributed by atoms with van der Waals surface area (Å²) in [6, 6.07) is 2.05. The molecule has 0 saturated carbocycles. The Morgan fingerprint density at radius 1 is 1.53 bits per heavy atom. The fraction of sp³-hybridized carbons (Fsp3) is 0.714. The Bertz CT molecular complexity index is 377. The fourth-order valence-corrected chi connectivity index (χ4v) is 2.05. The lowest BCUT2D eigenvalue weighted by molar-refractivity contribution is -0.117. The van der Waals surface area contributed by atoms with Gasteiger partial charge in [0, 0.05) is 25.3 Å². The van der Waals surface area contributed by atoms with E-state index < -0.39 is 0 Å². The van der Waals surface area contributed by atoms with Gasteiger partial charge in [0.1, 0.15) is 11.6 Å². The second-order valence-electron chi connectivity index (χ2n) is 5.15. The van der Waals surface area contributed by atoms with Crippen molar-refractivity contribution in [2.24, 2.45) is 0 Å². The number of carbonyl (C=O) groups excluding carboxylic acids is 1. The van der Waals surface area contributed by atoms with Crippen LogP contribution in [0.3, 0.4) is 0 Å². The first kappa shape index (κ1) is 15.5. The minimum atomic E-state index is -0.302. The molecule has 0 bridgehead atoms. The van der Waals surface area contributed by atoms with Gasteiger partial charge in [-0.05, 0) is 27.2 Å². The Morgan fingerprint density at radius 3 is 2.58 bits per heavy atom. The minimum Gasteiger partial charge on any atom is -0.372 e. The van der Waals surface area contributed by atoms with E-state index in [-0.39, 0.29) is 29.7 Å². The van der Waals surface area contributed by atoms with E-state index in [4.69, 9.17) is 10.00 Å². The summed E-state index contributed by atoms with van der Waals surface area (Å²) in [5.41, 5.74) is 0.154. The highest BCUT2D eigenvalue weighted by atomic mass is 16.5. The van der Waals surface area contributed by atoms with Crippen LogP contribution in [-0.2, 0) is 9.53 Å². The molecule has 1 heterocycles. The molecule has 1 fully saturated rings. The number of hydrogen-bond acceptors (Lipinski definition) is 4. The summed E-state index contributed by atoms with van der Waals surface area (Å²) in [4.78, 5) is 13.9. The molecule has 3 atom stereocenters. The van der Waals surface area contributed by atoms with E-state index >= 15 is 0 Å². The van der Waals surface area contributed by atoms with E-state index in [1.165, 1.54) is 0 Å². The van der Waals surface area contributed by atoms with Gasteiger partial charge in [-0.2, -0.15) is 5.26 Å². The molecule has 1 N–H and O–H groups in total. The predicted molar refractivity (Wildman–Crippen MR) is 73.2 cm³/mol. The number of ether oxygens (including phenoxy) is 1. The van der Waals surface area contributed by atoms with Crippen LogP contribution in [0.4, 0.5) is 0 Å². The van der Waals surface area contributed by atoms with Crippen LogP contribution in [0, 0.1) is 11.3 Å². The van der Waals surface area contributed by atoms with Crippen LogP contribution in [0.2, 0.25) is 0 Å². The standard InChI is InChI=1S/C14H23N3O2/c1-5-10(2)16-14(18)13(6-15)9-17-7-11(3)19-12(4)8-17/h9-12H,5,7-8H2,1-4H3,(H,16,18)/b13-9-. The van der Waals surface area contributed by atoms with Crippen molar-refractivity contribution in [2.45, 2.75) is 52.4 Å². The van der Waals surface area contributed by atoms with Crippen LogP contribution in [0.15, 0.2) is 11.8 Å². The van der Waals surface area contributed by atoms with Crippen LogP contribution in [-0.4, -0.2) is 42.1 Å². The molecule has 5 heteroatoms. The van der Waals surface area contributed by atoms with E-state index in [1.807, 2.05) is 38.7 Å². The van der Waals surface area contributed by atoms with E-state index in [9.17, 15) is 4.79 Å². The number of nitriles is 1. The third-order valence-electron chi connectivity index (χ3n) is 3.11. The predicted octanol–water partition coefficient (Wildman–Crippen LogP) is 1.42. The number of amides is 1. The van der Waals surface area contributed by atoms with Gasteiger partial charge in [0.2, 0.25) is 0 Å². The zero-order valence-corrected chi connectivity index (χ0v) is 12.1. The summed E-state index contributed by atoms with van der Waals surface area (Å²) < 4.78 is 5.62. The smallest absolute Gasteiger partial charge is 0.263 e. The zero-order valence-electron chi connectivity index (χ0n) is 12.1. The lowest BCUT2D eigenvalue weighted by atomic mass is 10.2. The average Bonchev–Trinajstić information content (AvgIpc) is 2.34. The Balaban J connectivity index is 2.70. The zero-order chi connectivity index (χ0) is 14.4. The first-order valence-corrected chi connectivity index (χ1v) is 6.78. The van der Waals surface area contributed by atoms with Crippen molar-refractivity contribution in [3.63, 3.8) is 0 Å². The lowest BCUT2D eigenvalue weighted by Crippen LogP contribution is -2.43. The van der Waals surface area contributed by atoms with E-state index in [0.29, 0.717) is 13.1 Å². The Labute approximate surface area is 115 Å². The van der Waals surface area contributed by atoms with Crippen molar-refractivity contribution in [1.82, 2.24) is 10.2 Å². The highest BCUT2D eigenvalue weighted by Crippen LogP contribution is 2.12. The number of nitrogens with zero attached hydrogens (tertiary/aromatic N) is 2. The van der Waals surface area contributed by atoms with Crippen molar-refractivity contribution in [3.8, 4) is 6.07 Å². The molecule has 106 valence electrons. The molecule has 19 heavy (non-hydrogen) atoms. The van der Waals surface area contributed by atoms with Crippen LogP contribution < -0.4 is 5.32 Å². The second kappa shape index (κ2) is 7.15. The second-order valence-corrected chi connectivity index (χ2v) is 5.15. The monoisotopic (exact) mass is 265 g/mol. The topological polar surface area (TPSA) is 65.4 Å². The number of hydrogen-bond donors (Lipinski definition) is 1. The molecule has 1 rings (SSSR count). The molecule has 5 nitrogen and oxygen atoms in total. The van der Waals surface area contributed by atoms with E-state index in [1.54, 1.807) is 6.20 Å². The Kier molecular flexibility index (Phi) is 5.84. The van der Waals surface area contributed by atoms with Crippen LogP contribution in [0.25, 0.3) is 0 Å². The lowest BCUT2D eigenvalue weighted by Gasteiger charge is -2.34. The van der Waals surface area contributed by atoms with Gasteiger partial charge in [0.15, 0.2) is 0 Å². The van der Waals surface area contributed by atoms with Crippen molar-refractivity contribution < 1.29 is 9.53 Å². The molecule has 1 saturated heterocycles. The van der Waals surface area contributed by atoms with Gasteiger partial charge in [-0.3, -0.25) is 4.79 Å². The van der Waals surface area contributed by atoms with Crippen molar-refractivity contribution >= 4 is 5.91 Å². The van der Waals surface area contributed by atoms with Gasteiger partial charge in [-0.25, -0.2) is 0 Å². The van der Waals surface area contributed by atoms with Crippen molar-refractivity contribution in [1.29, 1.82) is 5.26 Å². The van der Waals surface area contributed by atoms with Gasteiger partial charge >= 0.3 is 0 Å². The Hall–Kier alpha value is -1.54. The van der Waals surface area contributed by atoms with Gasteiger partial charge in [0.05, 0.1) is 12.2 Å². The maximum absolute atomic E-state index is 11.9. The van der Waals surface area contributed by atoms with Gasteiger partial charge < -0.3 is 15.0 Å². The van der Waals surface area contributed by atoms with E-state index in [2.05, 4.69) is 5.32 Å². The molecule has 3 unspecified atom stereocenters. The molecule has 0 aromatic heterocycles. The maximum atomic E-state index is 11.9. The van der Waals surface area contributed by atoms with Crippen molar-refractivity contribution in [2.75, 3.05) is 13.1 Å². The molecule has 0 aromatic rings. The third kappa shape index (κ3) is 4.92. The summed E-state index contributed by atoms with van der Waals surface area (Å²) in [5.74, 6) is -0.302. The van der Waals surface area contributed by atoms with Gasteiger partial charge in [-0.1, -0.05) is 6.92 Å². The van der Waals surface area contributed by atoms with Gasteiger partial charge in [0.25, 0.3) is 5.91 Å². The normalized spacial score (nSPS) is 25.6. The van der Waals surface area contributed by atoms with E-state index in [0.717, 1.165) is 6.42 Å². The summed E-state index contributed by atoms with van der Waals surface area (Å²) >= 11 is 0. The SMILES string of the molecule is CCC(C)NC(=O)/C(C#N)=C\N1CC(C)OC(C)C1. The molecule has 0 radical (unpaired) electrons. The molecule has 0 aliphatic carbocycles.